The zero-order chi connectivity index (χ0) is 13.4. The number of halogens is 1. The smallest absolute Gasteiger partial charge is 0.236 e. The average molecular weight is 271 g/mol. The van der Waals surface area contributed by atoms with Crippen LogP contribution in [0.2, 0.25) is 5.02 Å². The van der Waals surface area contributed by atoms with Gasteiger partial charge in [0.05, 0.1) is 13.2 Å². The van der Waals surface area contributed by atoms with E-state index in [1.807, 2.05) is 24.3 Å². The topological polar surface area (TPSA) is 41.6 Å². The summed E-state index contributed by atoms with van der Waals surface area (Å²) in [6.07, 6.45) is 0. The molecule has 0 aliphatic rings. The Labute approximate surface area is 113 Å². The third-order valence-corrected chi connectivity index (χ3v) is 2.92. The lowest BCUT2D eigenvalue weighted by atomic mass is 10.2. The number of hydrogen-bond acceptors (Lipinski definition) is 3. The van der Waals surface area contributed by atoms with Crippen LogP contribution in [0.4, 0.5) is 0 Å². The predicted octanol–water partition coefficient (Wildman–Crippen LogP) is 1.53. The molecular formula is C13H19ClN2O2. The largest absolute Gasteiger partial charge is 0.383 e. The number of methoxy groups -OCH3 is 1. The number of carbonyl (C=O) groups is 1. The van der Waals surface area contributed by atoms with E-state index in [9.17, 15) is 4.79 Å². The maximum absolute atomic E-state index is 11.8. The second kappa shape index (κ2) is 8.08. The number of hydrogen-bond donors (Lipinski definition) is 1. The third-order valence-electron chi connectivity index (χ3n) is 2.55. The van der Waals surface area contributed by atoms with Crippen molar-refractivity contribution in [2.45, 2.75) is 6.54 Å². The van der Waals surface area contributed by atoms with Crippen molar-refractivity contribution >= 4 is 17.5 Å². The van der Waals surface area contributed by atoms with Crippen molar-refractivity contribution < 1.29 is 9.53 Å². The van der Waals surface area contributed by atoms with Crippen LogP contribution >= 0.6 is 11.6 Å². The molecule has 0 fully saturated rings. The third kappa shape index (κ3) is 5.04. The summed E-state index contributed by atoms with van der Waals surface area (Å²) in [5.74, 6) is 0.0334. The van der Waals surface area contributed by atoms with Gasteiger partial charge in [-0.25, -0.2) is 0 Å². The van der Waals surface area contributed by atoms with E-state index in [0.29, 0.717) is 31.3 Å². The minimum Gasteiger partial charge on any atom is -0.383 e. The minimum absolute atomic E-state index is 0.0334. The highest BCUT2D eigenvalue weighted by Gasteiger charge is 2.10. The van der Waals surface area contributed by atoms with E-state index in [1.165, 1.54) is 0 Å². The van der Waals surface area contributed by atoms with Crippen LogP contribution in [0.1, 0.15) is 5.56 Å². The Bertz CT molecular complexity index is 385. The lowest BCUT2D eigenvalue weighted by molar-refractivity contribution is -0.129. The molecule has 0 saturated heterocycles. The van der Waals surface area contributed by atoms with Gasteiger partial charge in [0.15, 0.2) is 0 Å². The van der Waals surface area contributed by atoms with E-state index < -0.39 is 0 Å². The molecule has 4 nitrogen and oxygen atoms in total. The molecule has 0 spiro atoms. The number of likely N-dealkylation sites (N-methyl/N-ethyl adjacent to an activating group) is 1. The normalized spacial score (nSPS) is 10.4. The van der Waals surface area contributed by atoms with E-state index in [1.54, 1.807) is 19.1 Å². The quantitative estimate of drug-likeness (QED) is 0.764. The highest BCUT2D eigenvalue weighted by Crippen LogP contribution is 2.16. The second-order valence-electron chi connectivity index (χ2n) is 4.01. The van der Waals surface area contributed by atoms with Gasteiger partial charge in [0, 0.05) is 32.3 Å². The van der Waals surface area contributed by atoms with E-state index in [-0.39, 0.29) is 5.91 Å². The standard InChI is InChI=1S/C13H19ClN2O2/c1-16(13(17)9-15-7-8-18-2)10-11-5-3-4-6-12(11)14/h3-6,15H,7-10H2,1-2H3. The van der Waals surface area contributed by atoms with Gasteiger partial charge < -0.3 is 15.0 Å². The van der Waals surface area contributed by atoms with Crippen molar-refractivity contribution in [3.63, 3.8) is 0 Å². The summed E-state index contributed by atoms with van der Waals surface area (Å²) in [6.45, 7) is 2.10. The van der Waals surface area contributed by atoms with E-state index in [4.69, 9.17) is 16.3 Å². The summed E-state index contributed by atoms with van der Waals surface area (Å²) in [6, 6.07) is 7.53. The van der Waals surface area contributed by atoms with Crippen LogP contribution in [-0.2, 0) is 16.1 Å². The van der Waals surface area contributed by atoms with Gasteiger partial charge in [-0.2, -0.15) is 0 Å². The Morgan fingerprint density at radius 1 is 1.44 bits per heavy atom. The van der Waals surface area contributed by atoms with Crippen molar-refractivity contribution in [2.75, 3.05) is 33.9 Å². The van der Waals surface area contributed by atoms with Gasteiger partial charge in [-0.3, -0.25) is 4.79 Å². The summed E-state index contributed by atoms with van der Waals surface area (Å²) in [7, 11) is 3.40. The minimum atomic E-state index is 0.0334. The van der Waals surface area contributed by atoms with Crippen LogP contribution < -0.4 is 5.32 Å². The highest BCUT2D eigenvalue weighted by molar-refractivity contribution is 6.31. The van der Waals surface area contributed by atoms with Gasteiger partial charge in [0.2, 0.25) is 5.91 Å². The van der Waals surface area contributed by atoms with E-state index in [0.717, 1.165) is 5.56 Å². The summed E-state index contributed by atoms with van der Waals surface area (Å²) in [5, 5.41) is 3.70. The number of nitrogens with zero attached hydrogens (tertiary/aromatic N) is 1. The van der Waals surface area contributed by atoms with Crippen LogP contribution in [0.15, 0.2) is 24.3 Å². The maximum Gasteiger partial charge on any atom is 0.236 e. The SMILES string of the molecule is COCCNCC(=O)N(C)Cc1ccccc1Cl. The van der Waals surface area contributed by atoms with Crippen LogP contribution in [0, 0.1) is 0 Å². The molecule has 0 aromatic heterocycles. The number of rotatable bonds is 7. The zero-order valence-corrected chi connectivity index (χ0v) is 11.5. The molecule has 5 heteroatoms. The fourth-order valence-corrected chi connectivity index (χ4v) is 1.67. The number of nitrogens with one attached hydrogen (secondary N) is 1. The van der Waals surface area contributed by atoms with Gasteiger partial charge in [-0.1, -0.05) is 29.8 Å². The number of benzene rings is 1. The molecule has 100 valence electrons. The molecule has 1 N–H and O–H groups in total. The molecule has 0 aliphatic carbocycles. The summed E-state index contributed by atoms with van der Waals surface area (Å²) >= 11 is 6.05. The lowest BCUT2D eigenvalue weighted by Gasteiger charge is -2.18. The molecule has 1 aromatic carbocycles. The summed E-state index contributed by atoms with van der Waals surface area (Å²) < 4.78 is 4.89. The molecule has 1 aromatic rings. The molecule has 0 radical (unpaired) electrons. The molecular weight excluding hydrogens is 252 g/mol. The van der Waals surface area contributed by atoms with Crippen LogP contribution in [0.25, 0.3) is 0 Å². The number of ether oxygens (including phenoxy) is 1. The van der Waals surface area contributed by atoms with E-state index >= 15 is 0 Å². The van der Waals surface area contributed by atoms with Crippen LogP contribution in [0.5, 0.6) is 0 Å². The van der Waals surface area contributed by atoms with Gasteiger partial charge in [0.25, 0.3) is 0 Å². The Morgan fingerprint density at radius 3 is 2.83 bits per heavy atom. The monoisotopic (exact) mass is 270 g/mol. The molecule has 1 rings (SSSR count). The summed E-state index contributed by atoms with van der Waals surface area (Å²) in [4.78, 5) is 13.5. The summed E-state index contributed by atoms with van der Waals surface area (Å²) in [5.41, 5.74) is 0.951. The fraction of sp³-hybridized carbons (Fsp3) is 0.462. The van der Waals surface area contributed by atoms with Crippen molar-refractivity contribution in [1.82, 2.24) is 10.2 Å². The Kier molecular flexibility index (Phi) is 6.72. The first-order valence-electron chi connectivity index (χ1n) is 5.82. The average Bonchev–Trinajstić information content (AvgIpc) is 2.37. The van der Waals surface area contributed by atoms with Crippen molar-refractivity contribution in [1.29, 1.82) is 0 Å². The van der Waals surface area contributed by atoms with Crippen LogP contribution in [0.3, 0.4) is 0 Å². The molecule has 0 heterocycles. The molecule has 18 heavy (non-hydrogen) atoms. The zero-order valence-electron chi connectivity index (χ0n) is 10.8. The van der Waals surface area contributed by atoms with Crippen molar-refractivity contribution in [3.8, 4) is 0 Å². The molecule has 0 aliphatic heterocycles. The van der Waals surface area contributed by atoms with Gasteiger partial charge in [0.1, 0.15) is 0 Å². The van der Waals surface area contributed by atoms with E-state index in [2.05, 4.69) is 5.32 Å². The van der Waals surface area contributed by atoms with Gasteiger partial charge in [-0.15, -0.1) is 0 Å². The Morgan fingerprint density at radius 2 is 2.17 bits per heavy atom. The first-order chi connectivity index (χ1) is 8.65. The van der Waals surface area contributed by atoms with Gasteiger partial charge in [-0.05, 0) is 11.6 Å². The predicted molar refractivity (Wildman–Crippen MR) is 72.7 cm³/mol. The molecule has 0 saturated carbocycles. The molecule has 0 unspecified atom stereocenters. The maximum atomic E-state index is 11.8. The molecule has 0 atom stereocenters. The van der Waals surface area contributed by atoms with Crippen molar-refractivity contribution in [2.24, 2.45) is 0 Å². The fourth-order valence-electron chi connectivity index (χ4n) is 1.47. The van der Waals surface area contributed by atoms with Crippen molar-refractivity contribution in [3.05, 3.63) is 34.9 Å². The second-order valence-corrected chi connectivity index (χ2v) is 4.42. The first-order valence-corrected chi connectivity index (χ1v) is 6.20. The molecule has 0 bridgehead atoms. The number of carbonyl (C=O) groups excluding carboxylic acids is 1. The number of amides is 1. The van der Waals surface area contributed by atoms with Gasteiger partial charge >= 0.3 is 0 Å². The molecule has 1 amide bonds. The Hall–Kier alpha value is -1.10. The first kappa shape index (κ1) is 15.0. The Balaban J connectivity index is 2.38. The van der Waals surface area contributed by atoms with Crippen LogP contribution in [-0.4, -0.2) is 44.7 Å². The lowest BCUT2D eigenvalue weighted by Crippen LogP contribution is -2.36. The highest BCUT2D eigenvalue weighted by atomic mass is 35.5.